The van der Waals surface area contributed by atoms with E-state index in [0.29, 0.717) is 11.4 Å². The molecule has 0 atom stereocenters. The molecule has 0 radical (unpaired) electrons. The fourth-order valence-electron chi connectivity index (χ4n) is 2.87. The Bertz CT molecular complexity index is 627. The van der Waals surface area contributed by atoms with Crippen LogP contribution in [0.25, 0.3) is 5.52 Å². The van der Waals surface area contributed by atoms with Crippen molar-refractivity contribution in [3.05, 3.63) is 29.3 Å². The minimum absolute atomic E-state index is 0.119. The Hall–Kier alpha value is -1.91. The first-order valence-corrected chi connectivity index (χ1v) is 6.76. The van der Waals surface area contributed by atoms with Crippen LogP contribution in [0.5, 0.6) is 0 Å². The highest BCUT2D eigenvalue weighted by Crippen LogP contribution is 2.32. The van der Waals surface area contributed by atoms with Crippen molar-refractivity contribution in [2.75, 3.05) is 0 Å². The Balaban J connectivity index is 2.17. The summed E-state index contributed by atoms with van der Waals surface area (Å²) in [6.45, 7) is 1.91. The lowest BCUT2D eigenvalue weighted by molar-refractivity contribution is 0.0693. The fourth-order valence-corrected chi connectivity index (χ4v) is 2.87. The fraction of sp³-hybridized carbons (Fsp3) is 0.500. The van der Waals surface area contributed by atoms with Gasteiger partial charge in [-0.2, -0.15) is 5.10 Å². The molecule has 1 N–H and O–H groups in total. The van der Waals surface area contributed by atoms with Crippen LogP contribution in [0.3, 0.4) is 0 Å². The van der Waals surface area contributed by atoms with Gasteiger partial charge in [0.2, 0.25) is 0 Å². The zero-order valence-electron chi connectivity index (χ0n) is 11.0. The molecule has 0 bridgehead atoms. The van der Waals surface area contributed by atoms with E-state index in [0.717, 1.165) is 24.4 Å². The summed E-state index contributed by atoms with van der Waals surface area (Å²) < 4.78 is 1.73. The average molecular weight is 259 g/mol. The number of nitrogens with zero attached hydrogens (tertiary/aromatic N) is 3. The van der Waals surface area contributed by atoms with E-state index >= 15 is 0 Å². The van der Waals surface area contributed by atoms with Crippen molar-refractivity contribution >= 4 is 11.5 Å². The monoisotopic (exact) mass is 259 g/mol. The molecule has 1 aliphatic carbocycles. The van der Waals surface area contributed by atoms with Crippen molar-refractivity contribution in [2.24, 2.45) is 0 Å². The van der Waals surface area contributed by atoms with E-state index in [4.69, 9.17) is 0 Å². The lowest BCUT2D eigenvalue weighted by Gasteiger charge is -2.19. The third kappa shape index (κ3) is 2.09. The molecule has 3 rings (SSSR count). The molecule has 2 aromatic heterocycles. The van der Waals surface area contributed by atoms with E-state index in [1.165, 1.54) is 19.3 Å². The van der Waals surface area contributed by atoms with Gasteiger partial charge >= 0.3 is 5.97 Å². The van der Waals surface area contributed by atoms with E-state index in [2.05, 4.69) is 10.1 Å². The third-order valence-electron chi connectivity index (χ3n) is 3.83. The molecular formula is C14H17N3O2. The Morgan fingerprint density at radius 2 is 2.05 bits per heavy atom. The molecule has 100 valence electrons. The van der Waals surface area contributed by atoms with Crippen LogP contribution in [0.1, 0.15) is 60.0 Å². The predicted octanol–water partition coefficient (Wildman–Crippen LogP) is 2.78. The second-order valence-corrected chi connectivity index (χ2v) is 5.23. The Labute approximate surface area is 111 Å². The van der Waals surface area contributed by atoms with Gasteiger partial charge in [-0.1, -0.05) is 19.3 Å². The van der Waals surface area contributed by atoms with Gasteiger partial charge in [-0.05, 0) is 31.9 Å². The summed E-state index contributed by atoms with van der Waals surface area (Å²) in [6, 6.07) is 3.62. The summed E-state index contributed by atoms with van der Waals surface area (Å²) in [7, 11) is 0. The zero-order valence-corrected chi connectivity index (χ0v) is 11.0. The number of aromatic nitrogens is 3. The predicted molar refractivity (Wildman–Crippen MR) is 70.5 cm³/mol. The second-order valence-electron chi connectivity index (χ2n) is 5.23. The van der Waals surface area contributed by atoms with Crippen LogP contribution in [-0.4, -0.2) is 25.7 Å². The first kappa shape index (κ1) is 12.1. The molecule has 2 aromatic rings. The lowest BCUT2D eigenvalue weighted by Crippen LogP contribution is -2.10. The van der Waals surface area contributed by atoms with Gasteiger partial charge in [-0.15, -0.1) is 0 Å². The minimum Gasteiger partial charge on any atom is -0.476 e. The van der Waals surface area contributed by atoms with E-state index in [-0.39, 0.29) is 5.69 Å². The number of fused-ring (bicyclic) bond motifs is 1. The maximum absolute atomic E-state index is 11.3. The van der Waals surface area contributed by atoms with Gasteiger partial charge in [0.25, 0.3) is 0 Å². The van der Waals surface area contributed by atoms with Crippen molar-refractivity contribution in [1.29, 1.82) is 0 Å². The van der Waals surface area contributed by atoms with Crippen molar-refractivity contribution in [3.63, 3.8) is 0 Å². The highest BCUT2D eigenvalue weighted by molar-refractivity contribution is 5.93. The van der Waals surface area contributed by atoms with Crippen molar-refractivity contribution < 1.29 is 9.90 Å². The molecule has 0 unspecified atom stereocenters. The molecule has 19 heavy (non-hydrogen) atoms. The lowest BCUT2D eigenvalue weighted by atomic mass is 9.89. The smallest absolute Gasteiger partial charge is 0.356 e. The normalized spacial score (nSPS) is 16.9. The summed E-state index contributed by atoms with van der Waals surface area (Å²) in [5.74, 6) is 0.171. The van der Waals surface area contributed by atoms with Crippen LogP contribution in [0, 0.1) is 6.92 Å². The molecule has 0 aromatic carbocycles. The quantitative estimate of drug-likeness (QED) is 0.900. The molecule has 0 aliphatic heterocycles. The summed E-state index contributed by atoms with van der Waals surface area (Å²) in [5, 5.41) is 13.7. The molecule has 5 heteroatoms. The van der Waals surface area contributed by atoms with Crippen LogP contribution in [0.15, 0.2) is 12.1 Å². The molecule has 1 saturated carbocycles. The van der Waals surface area contributed by atoms with Gasteiger partial charge in [0.15, 0.2) is 5.69 Å². The summed E-state index contributed by atoms with van der Waals surface area (Å²) in [4.78, 5) is 15.6. The number of aryl methyl sites for hydroxylation is 1. The zero-order chi connectivity index (χ0) is 13.4. The van der Waals surface area contributed by atoms with Crippen molar-refractivity contribution in [3.8, 4) is 0 Å². The summed E-state index contributed by atoms with van der Waals surface area (Å²) in [6.07, 6.45) is 5.79. The highest BCUT2D eigenvalue weighted by Gasteiger charge is 2.25. The second kappa shape index (κ2) is 4.64. The van der Waals surface area contributed by atoms with Crippen molar-refractivity contribution in [2.45, 2.75) is 44.9 Å². The molecule has 5 nitrogen and oxygen atoms in total. The van der Waals surface area contributed by atoms with Gasteiger partial charge in [-0.25, -0.2) is 14.3 Å². The maximum atomic E-state index is 11.3. The van der Waals surface area contributed by atoms with Crippen molar-refractivity contribution in [1.82, 2.24) is 14.6 Å². The SMILES string of the molecule is Cc1ccc2c(C(=O)O)nc(C3CCCCC3)n2n1. The van der Waals surface area contributed by atoms with E-state index in [9.17, 15) is 9.90 Å². The van der Waals surface area contributed by atoms with E-state index in [1.54, 1.807) is 10.6 Å². The van der Waals surface area contributed by atoms with Crippen LogP contribution >= 0.6 is 0 Å². The largest absolute Gasteiger partial charge is 0.476 e. The third-order valence-corrected chi connectivity index (χ3v) is 3.83. The van der Waals surface area contributed by atoms with E-state index in [1.807, 2.05) is 13.0 Å². The number of imidazole rings is 1. The Kier molecular flexibility index (Phi) is 2.97. The number of carboxylic acid groups (broad SMARTS) is 1. The van der Waals surface area contributed by atoms with Gasteiger partial charge in [0.05, 0.1) is 11.2 Å². The van der Waals surface area contributed by atoms with Crippen LogP contribution in [-0.2, 0) is 0 Å². The number of hydrogen-bond donors (Lipinski definition) is 1. The number of carboxylic acids is 1. The standard InChI is InChI=1S/C14H17N3O2/c1-9-7-8-11-12(14(18)19)15-13(17(11)16-9)10-5-3-2-4-6-10/h7-8,10H,2-6H2,1H3,(H,18,19). The van der Waals surface area contributed by atoms with Crippen LogP contribution in [0.4, 0.5) is 0 Å². The molecule has 0 amide bonds. The number of hydrogen-bond acceptors (Lipinski definition) is 3. The molecular weight excluding hydrogens is 242 g/mol. The molecule has 0 saturated heterocycles. The van der Waals surface area contributed by atoms with Gasteiger partial charge in [0, 0.05) is 5.92 Å². The van der Waals surface area contributed by atoms with Gasteiger partial charge in [-0.3, -0.25) is 0 Å². The molecule has 1 aliphatic rings. The Morgan fingerprint density at radius 3 is 2.74 bits per heavy atom. The van der Waals surface area contributed by atoms with Gasteiger partial charge in [0.1, 0.15) is 5.82 Å². The summed E-state index contributed by atoms with van der Waals surface area (Å²) in [5.41, 5.74) is 1.59. The topological polar surface area (TPSA) is 67.5 Å². The summed E-state index contributed by atoms with van der Waals surface area (Å²) >= 11 is 0. The number of rotatable bonds is 2. The number of carbonyl (C=O) groups is 1. The molecule has 0 spiro atoms. The van der Waals surface area contributed by atoms with Crippen LogP contribution in [0.2, 0.25) is 0 Å². The first-order chi connectivity index (χ1) is 9.16. The minimum atomic E-state index is -0.981. The first-order valence-electron chi connectivity index (χ1n) is 6.76. The highest BCUT2D eigenvalue weighted by atomic mass is 16.4. The maximum Gasteiger partial charge on any atom is 0.356 e. The average Bonchev–Trinajstić information content (AvgIpc) is 2.78. The molecule has 1 fully saturated rings. The van der Waals surface area contributed by atoms with E-state index < -0.39 is 5.97 Å². The Morgan fingerprint density at radius 1 is 1.32 bits per heavy atom. The van der Waals surface area contributed by atoms with Crippen LogP contribution < -0.4 is 0 Å². The van der Waals surface area contributed by atoms with Gasteiger partial charge < -0.3 is 5.11 Å². The number of aromatic carboxylic acids is 1. The molecule has 2 heterocycles.